The van der Waals surface area contributed by atoms with Crippen LogP contribution in [-0.2, 0) is 14.3 Å². The van der Waals surface area contributed by atoms with Gasteiger partial charge in [0.05, 0.1) is 24.7 Å². The Bertz CT molecular complexity index is 261. The lowest BCUT2D eigenvalue weighted by Gasteiger charge is -2.32. The molecule has 1 saturated carbocycles. The van der Waals surface area contributed by atoms with Crippen molar-refractivity contribution in [3.63, 3.8) is 0 Å². The molecule has 0 aromatic carbocycles. The topological polar surface area (TPSA) is 47.6 Å². The molecule has 0 amide bonds. The van der Waals surface area contributed by atoms with E-state index in [2.05, 4.69) is 5.32 Å². The molecule has 2 fully saturated rings. The van der Waals surface area contributed by atoms with Gasteiger partial charge in [-0.05, 0) is 58.5 Å². The van der Waals surface area contributed by atoms with Gasteiger partial charge in [-0.3, -0.25) is 4.79 Å². The molecular formula is C14H26ClNO3. The third-order valence-electron chi connectivity index (χ3n) is 3.97. The summed E-state index contributed by atoms with van der Waals surface area (Å²) in [7, 11) is 0. The van der Waals surface area contributed by atoms with Crippen molar-refractivity contribution in [2.45, 2.75) is 57.7 Å². The Labute approximate surface area is 122 Å². The molecular weight excluding hydrogens is 266 g/mol. The van der Waals surface area contributed by atoms with Crippen molar-refractivity contribution in [3.8, 4) is 0 Å². The summed E-state index contributed by atoms with van der Waals surface area (Å²) in [6, 6.07) is 0. The molecule has 2 rings (SSSR count). The monoisotopic (exact) mass is 291 g/mol. The van der Waals surface area contributed by atoms with E-state index in [4.69, 9.17) is 9.47 Å². The van der Waals surface area contributed by atoms with E-state index in [-0.39, 0.29) is 24.3 Å². The average Bonchev–Trinajstić information content (AvgIpc) is 2.41. The van der Waals surface area contributed by atoms with E-state index in [9.17, 15) is 4.79 Å². The lowest BCUT2D eigenvalue weighted by molar-refractivity contribution is -0.150. The van der Waals surface area contributed by atoms with Crippen LogP contribution in [0.5, 0.6) is 0 Å². The van der Waals surface area contributed by atoms with Gasteiger partial charge in [0.15, 0.2) is 0 Å². The number of esters is 1. The average molecular weight is 292 g/mol. The summed E-state index contributed by atoms with van der Waals surface area (Å²) >= 11 is 0. The predicted octanol–water partition coefficient (Wildman–Crippen LogP) is 2.30. The van der Waals surface area contributed by atoms with Gasteiger partial charge in [0.25, 0.3) is 0 Å². The summed E-state index contributed by atoms with van der Waals surface area (Å²) in [6.07, 6.45) is 6.90. The first-order valence-corrected chi connectivity index (χ1v) is 7.32. The van der Waals surface area contributed by atoms with Gasteiger partial charge in [0.1, 0.15) is 0 Å². The molecule has 2 aliphatic rings. The zero-order valence-corrected chi connectivity index (χ0v) is 12.5. The van der Waals surface area contributed by atoms with Crippen LogP contribution < -0.4 is 5.32 Å². The van der Waals surface area contributed by atoms with Crippen LogP contribution in [-0.4, -0.2) is 37.9 Å². The smallest absolute Gasteiger partial charge is 0.308 e. The predicted molar refractivity (Wildman–Crippen MR) is 76.6 cm³/mol. The quantitative estimate of drug-likeness (QED) is 0.808. The molecule has 0 aromatic heterocycles. The number of rotatable bonds is 4. The van der Waals surface area contributed by atoms with Crippen molar-refractivity contribution in [2.24, 2.45) is 5.92 Å². The Kier molecular flexibility index (Phi) is 7.73. The molecule has 0 atom stereocenters. The molecule has 0 aromatic rings. The second-order valence-electron chi connectivity index (χ2n) is 5.31. The van der Waals surface area contributed by atoms with Gasteiger partial charge < -0.3 is 14.8 Å². The Morgan fingerprint density at radius 1 is 1.05 bits per heavy atom. The van der Waals surface area contributed by atoms with Gasteiger partial charge >= 0.3 is 5.97 Å². The van der Waals surface area contributed by atoms with Gasteiger partial charge in [-0.15, -0.1) is 12.4 Å². The Balaban J connectivity index is 0.00000180. The van der Waals surface area contributed by atoms with Crippen LogP contribution in [0.4, 0.5) is 0 Å². The highest BCUT2D eigenvalue weighted by atomic mass is 35.5. The van der Waals surface area contributed by atoms with Crippen molar-refractivity contribution in [1.82, 2.24) is 5.32 Å². The van der Waals surface area contributed by atoms with Crippen LogP contribution >= 0.6 is 12.4 Å². The fourth-order valence-corrected chi connectivity index (χ4v) is 2.90. The fourth-order valence-electron chi connectivity index (χ4n) is 2.90. The lowest BCUT2D eigenvalue weighted by Crippen LogP contribution is -2.36. The highest BCUT2D eigenvalue weighted by molar-refractivity contribution is 5.85. The molecule has 1 heterocycles. The maximum absolute atomic E-state index is 11.6. The van der Waals surface area contributed by atoms with Crippen LogP contribution in [0.3, 0.4) is 0 Å². The van der Waals surface area contributed by atoms with E-state index in [1.807, 2.05) is 6.92 Å². The number of ether oxygens (including phenoxy) is 2. The summed E-state index contributed by atoms with van der Waals surface area (Å²) in [4.78, 5) is 11.6. The summed E-state index contributed by atoms with van der Waals surface area (Å²) < 4.78 is 11.2. The first kappa shape index (κ1) is 16.7. The zero-order chi connectivity index (χ0) is 12.8. The number of piperidine rings is 1. The molecule has 1 saturated heterocycles. The molecule has 19 heavy (non-hydrogen) atoms. The minimum absolute atomic E-state index is 0. The number of nitrogens with one attached hydrogen (secondary N) is 1. The summed E-state index contributed by atoms with van der Waals surface area (Å²) in [6.45, 7) is 4.50. The van der Waals surface area contributed by atoms with E-state index in [1.54, 1.807) is 0 Å². The number of carbonyl (C=O) groups excluding carboxylic acids is 1. The molecule has 1 N–H and O–H groups in total. The van der Waals surface area contributed by atoms with Crippen molar-refractivity contribution in [2.75, 3.05) is 19.7 Å². The van der Waals surface area contributed by atoms with Crippen molar-refractivity contribution >= 4 is 18.4 Å². The summed E-state index contributed by atoms with van der Waals surface area (Å²) in [5.41, 5.74) is 0. The molecule has 0 unspecified atom stereocenters. The molecule has 112 valence electrons. The Morgan fingerprint density at radius 3 is 2.21 bits per heavy atom. The van der Waals surface area contributed by atoms with E-state index in [0.717, 1.165) is 51.6 Å². The van der Waals surface area contributed by atoms with Gasteiger partial charge in [-0.1, -0.05) is 0 Å². The van der Waals surface area contributed by atoms with Crippen molar-refractivity contribution in [3.05, 3.63) is 0 Å². The van der Waals surface area contributed by atoms with Gasteiger partial charge in [0, 0.05) is 0 Å². The van der Waals surface area contributed by atoms with Crippen molar-refractivity contribution < 1.29 is 14.3 Å². The highest BCUT2D eigenvalue weighted by Gasteiger charge is 2.29. The molecule has 0 bridgehead atoms. The van der Waals surface area contributed by atoms with E-state index in [1.165, 1.54) is 0 Å². The van der Waals surface area contributed by atoms with Crippen molar-refractivity contribution in [1.29, 1.82) is 0 Å². The molecule has 1 aliphatic carbocycles. The van der Waals surface area contributed by atoms with Gasteiger partial charge in [-0.2, -0.15) is 0 Å². The van der Waals surface area contributed by atoms with Crippen LogP contribution in [0, 0.1) is 5.92 Å². The van der Waals surface area contributed by atoms with Crippen LogP contribution in [0.1, 0.15) is 45.4 Å². The van der Waals surface area contributed by atoms with Crippen LogP contribution in [0.25, 0.3) is 0 Å². The maximum atomic E-state index is 11.6. The molecule has 5 heteroatoms. The fraction of sp³-hybridized carbons (Fsp3) is 0.929. The molecule has 0 spiro atoms. The normalized spacial score (nSPS) is 28.5. The molecule has 0 radical (unpaired) electrons. The van der Waals surface area contributed by atoms with E-state index < -0.39 is 0 Å². The SMILES string of the molecule is CCOC(=O)C1CCC(OC2CCNCC2)CC1.Cl. The Morgan fingerprint density at radius 2 is 1.63 bits per heavy atom. The van der Waals surface area contributed by atoms with Crippen LogP contribution in [0.15, 0.2) is 0 Å². The third kappa shape index (κ3) is 5.28. The zero-order valence-electron chi connectivity index (χ0n) is 11.7. The second-order valence-corrected chi connectivity index (χ2v) is 5.31. The highest BCUT2D eigenvalue weighted by Crippen LogP contribution is 2.28. The minimum atomic E-state index is -0.0159. The van der Waals surface area contributed by atoms with E-state index in [0.29, 0.717) is 18.8 Å². The van der Waals surface area contributed by atoms with E-state index >= 15 is 0 Å². The number of halogens is 1. The minimum Gasteiger partial charge on any atom is -0.466 e. The lowest BCUT2D eigenvalue weighted by atomic mass is 9.87. The van der Waals surface area contributed by atoms with Gasteiger partial charge in [0.2, 0.25) is 0 Å². The second kappa shape index (κ2) is 8.77. The number of hydrogen-bond acceptors (Lipinski definition) is 4. The third-order valence-corrected chi connectivity index (χ3v) is 3.97. The van der Waals surface area contributed by atoms with Crippen LogP contribution in [0.2, 0.25) is 0 Å². The first-order chi connectivity index (χ1) is 8.79. The number of hydrogen-bond donors (Lipinski definition) is 1. The molecule has 4 nitrogen and oxygen atoms in total. The maximum Gasteiger partial charge on any atom is 0.308 e. The standard InChI is InChI=1S/C14H25NO3.ClH/c1-2-17-14(16)11-3-5-12(6-4-11)18-13-7-9-15-10-8-13;/h11-13,15H,2-10H2,1H3;1H. The summed E-state index contributed by atoms with van der Waals surface area (Å²) in [5.74, 6) is 0.0932. The molecule has 1 aliphatic heterocycles. The first-order valence-electron chi connectivity index (χ1n) is 7.32. The summed E-state index contributed by atoms with van der Waals surface area (Å²) in [5, 5.41) is 3.35. The number of carbonyl (C=O) groups is 1. The largest absolute Gasteiger partial charge is 0.466 e. The Hall–Kier alpha value is -0.320. The van der Waals surface area contributed by atoms with Gasteiger partial charge in [-0.25, -0.2) is 0 Å².